The molecule has 0 aliphatic rings. The van der Waals surface area contributed by atoms with E-state index in [1.54, 1.807) is 14.0 Å². The monoisotopic (exact) mass is 425 g/mol. The molecule has 0 heterocycles. The molecular weight excluding hydrogens is 406 g/mol. The van der Waals surface area contributed by atoms with Crippen LogP contribution in [0.1, 0.15) is 35.8 Å². The van der Waals surface area contributed by atoms with Gasteiger partial charge in [0.05, 0.1) is 17.1 Å². The Bertz CT molecular complexity index is 853. The molecule has 0 N–H and O–H groups in total. The van der Waals surface area contributed by atoms with Crippen molar-refractivity contribution in [3.63, 3.8) is 0 Å². The molecule has 0 aliphatic heterocycles. The van der Waals surface area contributed by atoms with E-state index in [0.29, 0.717) is 10.0 Å². The fourth-order valence-electron chi connectivity index (χ4n) is 2.36. The first-order chi connectivity index (χ1) is 11.8. The van der Waals surface area contributed by atoms with Crippen LogP contribution in [0.5, 0.6) is 0 Å². The molecule has 0 saturated carbocycles. The minimum atomic E-state index is -3.74. The Balaban J connectivity index is 2.34. The Labute approximate surface area is 156 Å². The molecule has 0 aliphatic carbocycles. The highest BCUT2D eigenvalue weighted by atomic mass is 79.9. The number of rotatable bonds is 6. The van der Waals surface area contributed by atoms with Crippen molar-refractivity contribution in [1.82, 2.24) is 4.31 Å². The third-order valence-electron chi connectivity index (χ3n) is 3.93. The van der Waals surface area contributed by atoms with Gasteiger partial charge in [-0.3, -0.25) is 0 Å². The van der Waals surface area contributed by atoms with E-state index >= 15 is 0 Å². The smallest absolute Gasteiger partial charge is 0.338 e. The highest BCUT2D eigenvalue weighted by molar-refractivity contribution is 9.10. The number of ether oxygens (including phenoxy) is 1. The van der Waals surface area contributed by atoms with Crippen LogP contribution in [0.2, 0.25) is 0 Å². The second-order valence-electron chi connectivity index (χ2n) is 5.47. The van der Waals surface area contributed by atoms with Gasteiger partial charge in [-0.2, -0.15) is 4.31 Å². The highest BCUT2D eigenvalue weighted by Gasteiger charge is 2.28. The van der Waals surface area contributed by atoms with Gasteiger partial charge in [0.25, 0.3) is 0 Å². The quantitative estimate of drug-likeness (QED) is 0.655. The summed E-state index contributed by atoms with van der Waals surface area (Å²) >= 11 is 3.26. The molecule has 7 heteroatoms. The zero-order valence-electron chi connectivity index (χ0n) is 14.3. The van der Waals surface area contributed by atoms with E-state index in [2.05, 4.69) is 15.9 Å². The molecule has 0 amide bonds. The first-order valence-electron chi connectivity index (χ1n) is 7.78. The Morgan fingerprint density at radius 1 is 1.20 bits per heavy atom. The maximum Gasteiger partial charge on any atom is 0.338 e. The average molecular weight is 426 g/mol. The number of carbonyl (C=O) groups excluding carboxylic acids is 1. The topological polar surface area (TPSA) is 63.7 Å². The van der Waals surface area contributed by atoms with E-state index in [0.717, 1.165) is 5.56 Å². The van der Waals surface area contributed by atoms with Crippen LogP contribution in [0.3, 0.4) is 0 Å². The number of carbonyl (C=O) groups is 1. The van der Waals surface area contributed by atoms with Gasteiger partial charge in [-0.25, -0.2) is 13.2 Å². The van der Waals surface area contributed by atoms with Gasteiger partial charge in [0.1, 0.15) is 0 Å². The SMILES string of the molecule is CCOC(=O)c1ccc(S(=O)(=O)N(C)[C@H](C)c2ccccc2)c(Br)c1. The first-order valence-corrected chi connectivity index (χ1v) is 10.0. The Morgan fingerprint density at radius 3 is 2.40 bits per heavy atom. The Morgan fingerprint density at radius 2 is 1.84 bits per heavy atom. The summed E-state index contributed by atoms with van der Waals surface area (Å²) in [4.78, 5) is 11.9. The van der Waals surface area contributed by atoms with Crippen molar-refractivity contribution in [3.8, 4) is 0 Å². The number of benzene rings is 2. The van der Waals surface area contributed by atoms with Crippen LogP contribution < -0.4 is 0 Å². The van der Waals surface area contributed by atoms with E-state index in [1.807, 2.05) is 37.3 Å². The van der Waals surface area contributed by atoms with Crippen LogP contribution in [0.4, 0.5) is 0 Å². The molecule has 0 fully saturated rings. The zero-order valence-corrected chi connectivity index (χ0v) is 16.7. The van der Waals surface area contributed by atoms with E-state index < -0.39 is 16.0 Å². The van der Waals surface area contributed by atoms with E-state index in [9.17, 15) is 13.2 Å². The maximum absolute atomic E-state index is 13.0. The highest BCUT2D eigenvalue weighted by Crippen LogP contribution is 2.30. The van der Waals surface area contributed by atoms with Crippen LogP contribution >= 0.6 is 15.9 Å². The minimum Gasteiger partial charge on any atom is -0.462 e. The summed E-state index contributed by atoms with van der Waals surface area (Å²) in [5.74, 6) is -0.488. The molecule has 0 aromatic heterocycles. The van der Waals surface area contributed by atoms with Crippen molar-refractivity contribution >= 4 is 31.9 Å². The fraction of sp³-hybridized carbons (Fsp3) is 0.278. The summed E-state index contributed by atoms with van der Waals surface area (Å²) in [6.07, 6.45) is 0. The molecule has 134 valence electrons. The van der Waals surface area contributed by atoms with Gasteiger partial charge in [-0.15, -0.1) is 0 Å². The molecule has 25 heavy (non-hydrogen) atoms. The predicted octanol–water partition coefficient (Wildman–Crippen LogP) is 4.01. The van der Waals surface area contributed by atoms with Gasteiger partial charge in [0.2, 0.25) is 10.0 Å². The van der Waals surface area contributed by atoms with Gasteiger partial charge in [-0.05, 0) is 53.5 Å². The number of nitrogens with zero attached hydrogens (tertiary/aromatic N) is 1. The van der Waals surface area contributed by atoms with Gasteiger partial charge in [-0.1, -0.05) is 30.3 Å². The number of hydrogen-bond acceptors (Lipinski definition) is 4. The van der Waals surface area contributed by atoms with Gasteiger partial charge >= 0.3 is 5.97 Å². The van der Waals surface area contributed by atoms with E-state index in [1.165, 1.54) is 22.5 Å². The lowest BCUT2D eigenvalue weighted by Crippen LogP contribution is -2.30. The lowest BCUT2D eigenvalue weighted by Gasteiger charge is -2.25. The normalized spacial score (nSPS) is 12.8. The minimum absolute atomic E-state index is 0.103. The molecule has 0 unspecified atom stereocenters. The molecule has 0 bridgehead atoms. The first kappa shape index (κ1) is 19.6. The Kier molecular flexibility index (Phi) is 6.37. The van der Waals surface area contributed by atoms with Crippen molar-refractivity contribution < 1.29 is 17.9 Å². The molecule has 2 aromatic carbocycles. The maximum atomic E-state index is 13.0. The van der Waals surface area contributed by atoms with Crippen LogP contribution in [0.15, 0.2) is 57.9 Å². The summed E-state index contributed by atoms with van der Waals surface area (Å²) in [7, 11) is -2.20. The molecule has 0 spiro atoms. The van der Waals surface area contributed by atoms with Crippen molar-refractivity contribution in [2.45, 2.75) is 24.8 Å². The summed E-state index contributed by atoms with van der Waals surface area (Å²) in [6.45, 7) is 3.80. The fourth-order valence-corrected chi connectivity index (χ4v) is 4.74. The summed E-state index contributed by atoms with van der Waals surface area (Å²) in [6, 6.07) is 13.4. The van der Waals surface area contributed by atoms with Gasteiger partial charge in [0.15, 0.2) is 0 Å². The van der Waals surface area contributed by atoms with Crippen LogP contribution in [0, 0.1) is 0 Å². The second kappa shape index (κ2) is 8.12. The standard InChI is InChI=1S/C18H20BrNO4S/c1-4-24-18(21)15-10-11-17(16(19)12-15)25(22,23)20(3)13(2)14-8-6-5-7-9-14/h5-13H,4H2,1-3H3/t13-/m1/s1. The Hall–Kier alpha value is -1.70. The van der Waals surface area contributed by atoms with E-state index in [-0.39, 0.29) is 17.5 Å². The third kappa shape index (κ3) is 4.29. The van der Waals surface area contributed by atoms with Gasteiger partial charge < -0.3 is 4.74 Å². The van der Waals surface area contributed by atoms with E-state index in [4.69, 9.17) is 4.74 Å². The molecular formula is C18H20BrNO4S. The lowest BCUT2D eigenvalue weighted by molar-refractivity contribution is 0.0526. The van der Waals surface area contributed by atoms with Crippen LogP contribution in [-0.2, 0) is 14.8 Å². The second-order valence-corrected chi connectivity index (χ2v) is 8.29. The van der Waals surface area contributed by atoms with Crippen molar-refractivity contribution in [2.75, 3.05) is 13.7 Å². The lowest BCUT2D eigenvalue weighted by atomic mass is 10.1. The zero-order chi connectivity index (χ0) is 18.6. The molecule has 5 nitrogen and oxygen atoms in total. The molecule has 0 saturated heterocycles. The summed E-state index contributed by atoms with van der Waals surface area (Å²) < 4.78 is 32.5. The van der Waals surface area contributed by atoms with Crippen molar-refractivity contribution in [2.24, 2.45) is 0 Å². The largest absolute Gasteiger partial charge is 0.462 e. The van der Waals surface area contributed by atoms with Gasteiger partial charge in [0, 0.05) is 17.6 Å². The number of halogens is 1. The van der Waals surface area contributed by atoms with Crippen molar-refractivity contribution in [3.05, 3.63) is 64.1 Å². The molecule has 2 aromatic rings. The number of hydrogen-bond donors (Lipinski definition) is 0. The molecule has 2 rings (SSSR count). The summed E-state index contributed by atoms with van der Waals surface area (Å²) in [5.41, 5.74) is 1.19. The van der Waals surface area contributed by atoms with Crippen LogP contribution in [0.25, 0.3) is 0 Å². The predicted molar refractivity (Wildman–Crippen MR) is 99.9 cm³/mol. The summed E-state index contributed by atoms with van der Waals surface area (Å²) in [5, 5.41) is 0. The van der Waals surface area contributed by atoms with Crippen LogP contribution in [-0.4, -0.2) is 32.3 Å². The van der Waals surface area contributed by atoms with Crippen molar-refractivity contribution in [1.29, 1.82) is 0 Å². The number of sulfonamides is 1. The third-order valence-corrected chi connectivity index (χ3v) is 6.83. The molecule has 0 radical (unpaired) electrons. The molecule has 1 atom stereocenters. The average Bonchev–Trinajstić information content (AvgIpc) is 2.61. The number of esters is 1.